The van der Waals surface area contributed by atoms with Crippen molar-refractivity contribution in [3.8, 4) is 28.7 Å². The van der Waals surface area contributed by atoms with Crippen molar-refractivity contribution >= 4 is 11.6 Å². The molecule has 0 bridgehead atoms. The minimum atomic E-state index is 0.480. The third-order valence-corrected chi connectivity index (χ3v) is 4.12. The third kappa shape index (κ3) is 3.76. The summed E-state index contributed by atoms with van der Waals surface area (Å²) in [6, 6.07) is 24.9. The van der Waals surface area contributed by atoms with Gasteiger partial charge in [-0.25, -0.2) is 0 Å². The second kappa shape index (κ2) is 7.42. The summed E-state index contributed by atoms with van der Waals surface area (Å²) in [4.78, 5) is 0. The van der Waals surface area contributed by atoms with Gasteiger partial charge in [-0.05, 0) is 54.1 Å². The van der Waals surface area contributed by atoms with E-state index in [-0.39, 0.29) is 0 Å². The van der Waals surface area contributed by atoms with Crippen LogP contribution in [-0.4, -0.2) is 10.2 Å². The molecule has 1 heterocycles. The van der Waals surface area contributed by atoms with Crippen molar-refractivity contribution < 1.29 is 9.15 Å². The molecule has 0 aliphatic heterocycles. The number of aromatic nitrogens is 2. The molecule has 0 atom stereocenters. The van der Waals surface area contributed by atoms with Crippen LogP contribution in [0, 0.1) is 0 Å². The Kier molecular flexibility index (Phi) is 4.67. The maximum Gasteiger partial charge on any atom is 0.248 e. The summed E-state index contributed by atoms with van der Waals surface area (Å²) >= 11 is 5.88. The summed E-state index contributed by atoms with van der Waals surface area (Å²) in [6.45, 7) is 0.481. The number of nitrogens with zero attached hydrogens (tertiary/aromatic N) is 2. The fraction of sp³-hybridized carbons (Fsp3) is 0.0476. The van der Waals surface area contributed by atoms with Gasteiger partial charge in [0.25, 0.3) is 0 Å². The molecule has 0 unspecified atom stereocenters. The first-order chi connectivity index (χ1) is 12.8. The standard InChI is InChI=1S/C21H15ClN2O2/c22-18-10-6-15(7-11-18)14-25-19-12-8-17(9-13-19)21-24-23-20(26-21)16-4-2-1-3-5-16/h1-13H,14H2. The Morgan fingerprint density at radius 3 is 2.00 bits per heavy atom. The van der Waals surface area contributed by atoms with Gasteiger partial charge in [-0.1, -0.05) is 41.9 Å². The minimum absolute atomic E-state index is 0.480. The maximum atomic E-state index is 5.88. The highest BCUT2D eigenvalue weighted by atomic mass is 35.5. The van der Waals surface area contributed by atoms with Crippen LogP contribution in [0.2, 0.25) is 5.02 Å². The summed E-state index contributed by atoms with van der Waals surface area (Å²) in [5, 5.41) is 8.95. The van der Waals surface area contributed by atoms with Crippen molar-refractivity contribution in [3.63, 3.8) is 0 Å². The number of rotatable bonds is 5. The molecular weight excluding hydrogens is 348 g/mol. The highest BCUT2D eigenvalue weighted by molar-refractivity contribution is 6.30. The molecule has 0 spiro atoms. The maximum absolute atomic E-state index is 5.88. The van der Waals surface area contributed by atoms with E-state index in [1.165, 1.54) is 0 Å². The number of benzene rings is 3. The molecule has 0 N–H and O–H groups in total. The second-order valence-corrected chi connectivity index (χ2v) is 6.15. The van der Waals surface area contributed by atoms with Crippen molar-refractivity contribution in [2.24, 2.45) is 0 Å². The van der Waals surface area contributed by atoms with Crippen LogP contribution in [-0.2, 0) is 6.61 Å². The van der Waals surface area contributed by atoms with Crippen LogP contribution in [0.3, 0.4) is 0 Å². The molecule has 0 radical (unpaired) electrons. The average molecular weight is 363 g/mol. The van der Waals surface area contributed by atoms with E-state index in [1.54, 1.807) is 0 Å². The number of hydrogen-bond donors (Lipinski definition) is 0. The quantitative estimate of drug-likeness (QED) is 0.461. The topological polar surface area (TPSA) is 48.2 Å². The smallest absolute Gasteiger partial charge is 0.248 e. The molecule has 1 aromatic heterocycles. The van der Waals surface area contributed by atoms with Crippen LogP contribution < -0.4 is 4.74 Å². The Balaban J connectivity index is 1.44. The van der Waals surface area contributed by atoms with E-state index >= 15 is 0 Å². The van der Waals surface area contributed by atoms with Crippen LogP contribution in [0.5, 0.6) is 5.75 Å². The van der Waals surface area contributed by atoms with E-state index in [2.05, 4.69) is 10.2 Å². The first-order valence-corrected chi connectivity index (χ1v) is 8.52. The van der Waals surface area contributed by atoms with Gasteiger partial charge in [0.05, 0.1) is 0 Å². The van der Waals surface area contributed by atoms with E-state index in [1.807, 2.05) is 78.9 Å². The fourth-order valence-corrected chi connectivity index (χ4v) is 2.60. The third-order valence-electron chi connectivity index (χ3n) is 3.87. The molecule has 0 amide bonds. The van der Waals surface area contributed by atoms with Gasteiger partial charge in [-0.2, -0.15) is 0 Å². The predicted octanol–water partition coefficient (Wildman–Crippen LogP) is 5.64. The van der Waals surface area contributed by atoms with Crippen molar-refractivity contribution in [1.82, 2.24) is 10.2 Å². The highest BCUT2D eigenvalue weighted by Gasteiger charge is 2.10. The molecule has 0 saturated heterocycles. The van der Waals surface area contributed by atoms with Gasteiger partial charge in [0.1, 0.15) is 12.4 Å². The number of ether oxygens (including phenoxy) is 1. The summed E-state index contributed by atoms with van der Waals surface area (Å²) in [6.07, 6.45) is 0. The zero-order chi connectivity index (χ0) is 17.8. The van der Waals surface area contributed by atoms with E-state index in [9.17, 15) is 0 Å². The van der Waals surface area contributed by atoms with Gasteiger partial charge >= 0.3 is 0 Å². The zero-order valence-electron chi connectivity index (χ0n) is 13.8. The predicted molar refractivity (Wildman–Crippen MR) is 101 cm³/mol. The second-order valence-electron chi connectivity index (χ2n) is 5.72. The summed E-state index contributed by atoms with van der Waals surface area (Å²) in [7, 11) is 0. The van der Waals surface area contributed by atoms with Crippen LogP contribution in [0.1, 0.15) is 5.56 Å². The molecule has 0 aliphatic carbocycles. The van der Waals surface area contributed by atoms with Crippen molar-refractivity contribution in [2.45, 2.75) is 6.61 Å². The Bertz CT molecular complexity index is 981. The molecule has 4 rings (SSSR count). The summed E-state index contributed by atoms with van der Waals surface area (Å²) in [5.74, 6) is 1.75. The van der Waals surface area contributed by atoms with E-state index in [0.717, 1.165) is 22.4 Å². The lowest BCUT2D eigenvalue weighted by molar-refractivity contribution is 0.306. The zero-order valence-corrected chi connectivity index (χ0v) is 14.6. The Labute approximate surface area is 156 Å². The average Bonchev–Trinajstić information content (AvgIpc) is 3.19. The normalized spacial score (nSPS) is 10.7. The van der Waals surface area contributed by atoms with Crippen LogP contribution in [0.25, 0.3) is 22.9 Å². The summed E-state index contributed by atoms with van der Waals surface area (Å²) in [5.41, 5.74) is 2.80. The van der Waals surface area contributed by atoms with Gasteiger partial charge in [-0.15, -0.1) is 10.2 Å². The van der Waals surface area contributed by atoms with Gasteiger partial charge in [0.15, 0.2) is 0 Å². The molecule has 4 nitrogen and oxygen atoms in total. The Hall–Kier alpha value is -3.11. The van der Waals surface area contributed by atoms with Crippen LogP contribution >= 0.6 is 11.6 Å². The van der Waals surface area contributed by atoms with Gasteiger partial charge < -0.3 is 9.15 Å². The summed E-state index contributed by atoms with van der Waals surface area (Å²) < 4.78 is 11.5. The van der Waals surface area contributed by atoms with Crippen LogP contribution in [0.15, 0.2) is 83.3 Å². The largest absolute Gasteiger partial charge is 0.489 e. The molecule has 3 aromatic carbocycles. The number of hydrogen-bond acceptors (Lipinski definition) is 4. The lowest BCUT2D eigenvalue weighted by atomic mass is 10.2. The minimum Gasteiger partial charge on any atom is -0.489 e. The first kappa shape index (κ1) is 16.4. The van der Waals surface area contributed by atoms with Crippen molar-refractivity contribution in [2.75, 3.05) is 0 Å². The lowest BCUT2D eigenvalue weighted by Crippen LogP contribution is -1.94. The van der Waals surface area contributed by atoms with Crippen molar-refractivity contribution in [1.29, 1.82) is 0 Å². The molecule has 0 fully saturated rings. The molecule has 4 aromatic rings. The van der Waals surface area contributed by atoms with Crippen molar-refractivity contribution in [3.05, 3.63) is 89.4 Å². The SMILES string of the molecule is Clc1ccc(COc2ccc(-c3nnc(-c4ccccc4)o3)cc2)cc1. The molecule has 0 saturated carbocycles. The van der Waals surface area contributed by atoms with E-state index in [4.69, 9.17) is 20.8 Å². The molecule has 5 heteroatoms. The molecule has 128 valence electrons. The number of halogens is 1. The van der Waals surface area contributed by atoms with E-state index in [0.29, 0.717) is 23.4 Å². The molecule has 26 heavy (non-hydrogen) atoms. The lowest BCUT2D eigenvalue weighted by Gasteiger charge is -2.06. The van der Waals surface area contributed by atoms with Crippen LogP contribution in [0.4, 0.5) is 0 Å². The van der Waals surface area contributed by atoms with E-state index < -0.39 is 0 Å². The highest BCUT2D eigenvalue weighted by Crippen LogP contribution is 2.25. The Morgan fingerprint density at radius 2 is 1.35 bits per heavy atom. The fourth-order valence-electron chi connectivity index (χ4n) is 2.48. The van der Waals surface area contributed by atoms with Gasteiger partial charge in [0.2, 0.25) is 11.8 Å². The monoisotopic (exact) mass is 362 g/mol. The first-order valence-electron chi connectivity index (χ1n) is 8.14. The molecule has 0 aliphatic rings. The van der Waals surface area contributed by atoms with Gasteiger partial charge in [0, 0.05) is 16.1 Å². The van der Waals surface area contributed by atoms with Gasteiger partial charge in [-0.3, -0.25) is 0 Å². The Morgan fingerprint density at radius 1 is 0.731 bits per heavy atom. The molecular formula is C21H15ClN2O2.